The molecule has 0 N–H and O–H groups in total. The van der Waals surface area contributed by atoms with Gasteiger partial charge in [-0.1, -0.05) is 50.3 Å². The zero-order valence-electron chi connectivity index (χ0n) is 24.6. The Labute approximate surface area is 243 Å². The van der Waals surface area contributed by atoms with E-state index in [4.69, 9.17) is 31.3 Å². The van der Waals surface area contributed by atoms with Gasteiger partial charge in [-0.2, -0.15) is 0 Å². The third kappa shape index (κ3) is 5.21. The Balaban J connectivity index is 1.42. The summed E-state index contributed by atoms with van der Waals surface area (Å²) in [6.07, 6.45) is 9.04. The van der Waals surface area contributed by atoms with Crippen molar-refractivity contribution >= 4 is 53.4 Å². The first-order chi connectivity index (χ1) is 19.1. The van der Waals surface area contributed by atoms with Crippen molar-refractivity contribution in [2.75, 3.05) is 30.5 Å². The average molecular weight is 577 g/mol. The van der Waals surface area contributed by atoms with E-state index in [1.165, 1.54) is 25.7 Å². The molecule has 1 unspecified atom stereocenters. The minimum absolute atomic E-state index is 0.442. The second-order valence-corrected chi connectivity index (χ2v) is 19.2. The molecule has 212 valence electrons. The second-order valence-electron chi connectivity index (χ2n) is 13.2. The molecule has 9 heteroatoms. The number of piperidine rings is 1. The number of fused-ring (bicyclic) bond motifs is 4. The highest BCUT2D eigenvalue weighted by Gasteiger charge is 2.40. The lowest BCUT2D eigenvalue weighted by molar-refractivity contribution is 0.0899. The van der Waals surface area contributed by atoms with E-state index in [1.807, 2.05) is 31.3 Å². The largest absolute Gasteiger partial charge is 0.363 e. The number of aromatic nitrogens is 4. The maximum absolute atomic E-state index is 7.08. The molecular weight excluding hydrogens is 536 g/mol. The number of rotatable bonds is 8. The molecule has 2 bridgehead atoms. The summed E-state index contributed by atoms with van der Waals surface area (Å²) in [5.74, 6) is 2.64. The zero-order chi connectivity index (χ0) is 28.2. The van der Waals surface area contributed by atoms with Crippen LogP contribution in [0.5, 0.6) is 0 Å². The Bertz CT molecular complexity index is 1530. The second kappa shape index (κ2) is 10.6. The number of anilines is 2. The summed E-state index contributed by atoms with van der Waals surface area (Å²) in [4.78, 5) is 19.7. The van der Waals surface area contributed by atoms with Gasteiger partial charge in [-0.25, -0.2) is 15.0 Å². The summed E-state index contributed by atoms with van der Waals surface area (Å²) in [5.41, 5.74) is 4.37. The lowest BCUT2D eigenvalue weighted by Crippen LogP contribution is -2.43. The SMILES string of the molecule is CC1C[C@H]2CC[C@@H](C1)N2c1cnc2c(-c3ccc4ccc(N(C)C)nc4c3Cl)cn(COCC[Si](C)(C)C)c2n1. The minimum Gasteiger partial charge on any atom is -0.363 e. The van der Waals surface area contributed by atoms with Crippen LogP contribution in [0.3, 0.4) is 0 Å². The molecule has 7 nitrogen and oxygen atoms in total. The Morgan fingerprint density at radius 3 is 2.42 bits per heavy atom. The van der Waals surface area contributed by atoms with Crippen molar-refractivity contribution < 1.29 is 4.74 Å². The molecule has 2 fully saturated rings. The van der Waals surface area contributed by atoms with E-state index in [0.717, 1.165) is 63.4 Å². The molecule has 1 aromatic carbocycles. The smallest absolute Gasteiger partial charge is 0.163 e. The van der Waals surface area contributed by atoms with Crippen LogP contribution in [0.25, 0.3) is 33.2 Å². The van der Waals surface area contributed by atoms with Gasteiger partial charge in [-0.15, -0.1) is 0 Å². The molecule has 0 radical (unpaired) electrons. The number of hydrogen-bond donors (Lipinski definition) is 0. The van der Waals surface area contributed by atoms with E-state index in [-0.39, 0.29) is 0 Å². The molecule has 0 amide bonds. The number of ether oxygens (including phenoxy) is 1. The lowest BCUT2D eigenvalue weighted by atomic mass is 9.92. The van der Waals surface area contributed by atoms with Gasteiger partial charge in [0, 0.05) is 63.6 Å². The van der Waals surface area contributed by atoms with Crippen LogP contribution in [0.1, 0.15) is 32.6 Å². The van der Waals surface area contributed by atoms with Gasteiger partial charge in [0.15, 0.2) is 5.65 Å². The van der Waals surface area contributed by atoms with E-state index >= 15 is 0 Å². The fourth-order valence-corrected chi connectivity index (χ4v) is 7.50. The van der Waals surface area contributed by atoms with Crippen LogP contribution in [0, 0.1) is 5.92 Å². The molecule has 40 heavy (non-hydrogen) atoms. The van der Waals surface area contributed by atoms with E-state index in [9.17, 15) is 0 Å². The molecule has 2 saturated heterocycles. The van der Waals surface area contributed by atoms with Crippen molar-refractivity contribution in [3.63, 3.8) is 0 Å². The molecule has 3 atom stereocenters. The molecule has 2 aliphatic rings. The first-order valence-electron chi connectivity index (χ1n) is 14.6. The standard InChI is InChI=1S/C31H41ClN6OSi/c1-20-15-22-9-10-23(16-20)38(22)27-17-33-30-25(18-37(31(30)35-27)19-39-13-14-40(4,5)6)24-11-7-21-8-12-26(36(2)3)34-29(21)28(24)32/h7-8,11-12,17-18,20,22-23H,9-10,13-16,19H2,1-6H3/t20?,22-,23+. The van der Waals surface area contributed by atoms with Crippen LogP contribution in [-0.2, 0) is 11.5 Å². The summed E-state index contributed by atoms with van der Waals surface area (Å²) in [7, 11) is 2.79. The maximum Gasteiger partial charge on any atom is 0.163 e. The van der Waals surface area contributed by atoms with Crippen LogP contribution in [0.4, 0.5) is 11.6 Å². The number of halogens is 1. The third-order valence-corrected chi connectivity index (χ3v) is 10.6. The lowest BCUT2D eigenvalue weighted by Gasteiger charge is -2.38. The molecular formula is C31H41ClN6OSi. The first kappa shape index (κ1) is 27.5. The van der Waals surface area contributed by atoms with Crippen LogP contribution in [0.2, 0.25) is 30.7 Å². The first-order valence-corrected chi connectivity index (χ1v) is 18.7. The van der Waals surface area contributed by atoms with Crippen molar-refractivity contribution in [2.45, 2.75) is 77.1 Å². The Morgan fingerprint density at radius 2 is 1.73 bits per heavy atom. The highest BCUT2D eigenvalue weighted by molar-refractivity contribution is 6.76. The van der Waals surface area contributed by atoms with Crippen molar-refractivity contribution in [2.24, 2.45) is 5.92 Å². The van der Waals surface area contributed by atoms with Crippen LogP contribution in [-0.4, -0.2) is 60.4 Å². The predicted octanol–water partition coefficient (Wildman–Crippen LogP) is 7.45. The summed E-state index contributed by atoms with van der Waals surface area (Å²) >= 11 is 7.08. The Morgan fingerprint density at radius 1 is 1.00 bits per heavy atom. The van der Waals surface area contributed by atoms with Crippen molar-refractivity contribution in [3.8, 4) is 11.1 Å². The predicted molar refractivity (Wildman–Crippen MR) is 169 cm³/mol. The molecule has 0 aliphatic carbocycles. The highest BCUT2D eigenvalue weighted by Crippen LogP contribution is 2.42. The molecule has 0 saturated carbocycles. The fraction of sp³-hybridized carbons (Fsp3) is 0.516. The number of benzene rings is 1. The summed E-state index contributed by atoms with van der Waals surface area (Å²) in [6.45, 7) is 10.7. The molecule has 2 aliphatic heterocycles. The van der Waals surface area contributed by atoms with Crippen molar-refractivity contribution in [1.82, 2.24) is 19.5 Å². The average Bonchev–Trinajstić information content (AvgIpc) is 3.40. The third-order valence-electron chi connectivity index (χ3n) is 8.55. The van der Waals surface area contributed by atoms with Gasteiger partial charge < -0.3 is 19.1 Å². The highest BCUT2D eigenvalue weighted by atomic mass is 35.5. The number of pyridine rings is 1. The Hall–Kier alpha value is -2.68. The monoisotopic (exact) mass is 576 g/mol. The van der Waals surface area contributed by atoms with Gasteiger partial charge in [0.25, 0.3) is 0 Å². The summed E-state index contributed by atoms with van der Waals surface area (Å²) in [5, 5.41) is 1.65. The summed E-state index contributed by atoms with van der Waals surface area (Å²) in [6, 6.07) is 10.5. The van der Waals surface area contributed by atoms with E-state index < -0.39 is 8.07 Å². The molecule has 6 rings (SSSR count). The van der Waals surface area contributed by atoms with Gasteiger partial charge in [0.2, 0.25) is 0 Å². The van der Waals surface area contributed by atoms with Crippen LogP contribution < -0.4 is 9.80 Å². The molecule has 0 spiro atoms. The van der Waals surface area contributed by atoms with Gasteiger partial charge in [0.05, 0.1) is 16.7 Å². The minimum atomic E-state index is -1.19. The fourth-order valence-electron chi connectivity index (χ4n) is 6.42. The van der Waals surface area contributed by atoms with Crippen molar-refractivity contribution in [3.05, 3.63) is 41.7 Å². The summed E-state index contributed by atoms with van der Waals surface area (Å²) < 4.78 is 8.33. The topological polar surface area (TPSA) is 59.3 Å². The van der Waals surface area contributed by atoms with E-state index in [0.29, 0.717) is 23.8 Å². The molecule has 4 aromatic rings. The quantitative estimate of drug-likeness (QED) is 0.160. The van der Waals surface area contributed by atoms with E-state index in [1.54, 1.807) is 0 Å². The van der Waals surface area contributed by atoms with Gasteiger partial charge in [0.1, 0.15) is 23.9 Å². The van der Waals surface area contributed by atoms with Gasteiger partial charge in [-0.05, 0) is 49.8 Å². The van der Waals surface area contributed by atoms with Gasteiger partial charge in [-0.3, -0.25) is 0 Å². The normalized spacial score (nSPS) is 21.1. The zero-order valence-corrected chi connectivity index (χ0v) is 26.4. The Kier molecular flexibility index (Phi) is 7.30. The number of hydrogen-bond acceptors (Lipinski definition) is 6. The van der Waals surface area contributed by atoms with Gasteiger partial charge >= 0.3 is 0 Å². The van der Waals surface area contributed by atoms with Crippen LogP contribution >= 0.6 is 11.6 Å². The molecule has 5 heterocycles. The molecule has 3 aromatic heterocycles. The van der Waals surface area contributed by atoms with Crippen LogP contribution in [0.15, 0.2) is 36.7 Å². The number of nitrogens with zero attached hydrogens (tertiary/aromatic N) is 6. The van der Waals surface area contributed by atoms with Crippen molar-refractivity contribution in [1.29, 1.82) is 0 Å². The maximum atomic E-state index is 7.08. The van der Waals surface area contributed by atoms with E-state index in [2.05, 4.69) is 60.4 Å².